The molecule has 0 spiro atoms. The molecule has 3 N–H and O–H groups in total. The van der Waals surface area contributed by atoms with Gasteiger partial charge in [-0.2, -0.15) is 0 Å². The van der Waals surface area contributed by atoms with Gasteiger partial charge >= 0.3 is 0 Å². The normalized spacial score (nSPS) is 24.6. The van der Waals surface area contributed by atoms with E-state index in [4.69, 9.17) is 4.42 Å². The number of aliphatic hydroxyl groups excluding tert-OH is 1. The Bertz CT molecular complexity index is 337. The number of rotatable bonds is 4. The first-order chi connectivity index (χ1) is 7.75. The molecule has 2 heterocycles. The molecule has 88 valence electrons. The van der Waals surface area contributed by atoms with Crippen molar-refractivity contribution in [2.45, 2.75) is 25.0 Å². The number of hydrogen-bond acceptors (Lipinski definition) is 4. The Morgan fingerprint density at radius 2 is 2.56 bits per heavy atom. The zero-order valence-electron chi connectivity index (χ0n) is 8.98. The highest BCUT2D eigenvalue weighted by Gasteiger charge is 2.27. The number of amides is 1. The predicted octanol–water partition coefficient (Wildman–Crippen LogP) is -0.339. The third kappa shape index (κ3) is 2.84. The molecule has 1 aliphatic heterocycles. The Labute approximate surface area is 93.8 Å². The minimum atomic E-state index is -0.402. The fourth-order valence-corrected chi connectivity index (χ4v) is 1.80. The minimum absolute atomic E-state index is 0.0527. The first kappa shape index (κ1) is 11.2. The molecule has 1 amide bonds. The van der Waals surface area contributed by atoms with Gasteiger partial charge in [-0.3, -0.25) is 4.79 Å². The van der Waals surface area contributed by atoms with Gasteiger partial charge in [0, 0.05) is 19.5 Å². The van der Waals surface area contributed by atoms with Gasteiger partial charge in [0.15, 0.2) is 0 Å². The number of β-amino-alcohol motifs (C(OH)–C–C–N with tert-alkyl or cyclic N) is 1. The lowest BCUT2D eigenvalue weighted by molar-refractivity contribution is -0.122. The number of aliphatic hydroxyl groups is 1. The van der Waals surface area contributed by atoms with Crippen molar-refractivity contribution in [1.82, 2.24) is 10.6 Å². The van der Waals surface area contributed by atoms with E-state index < -0.39 is 6.10 Å². The van der Waals surface area contributed by atoms with E-state index in [0.29, 0.717) is 25.9 Å². The van der Waals surface area contributed by atoms with E-state index in [-0.39, 0.29) is 11.9 Å². The summed E-state index contributed by atoms with van der Waals surface area (Å²) in [6.07, 6.45) is 2.40. The highest BCUT2D eigenvalue weighted by atomic mass is 16.3. The lowest BCUT2D eigenvalue weighted by atomic mass is 10.2. The standard InChI is InChI=1S/C11H16N2O3/c14-8-6-10(13-7-8)11(15)12-4-3-9-2-1-5-16-9/h1-2,5,8,10,13-14H,3-4,6-7H2,(H,12,15). The van der Waals surface area contributed by atoms with Crippen LogP contribution >= 0.6 is 0 Å². The molecule has 0 aromatic carbocycles. The van der Waals surface area contributed by atoms with Gasteiger partial charge in [0.1, 0.15) is 5.76 Å². The van der Waals surface area contributed by atoms with E-state index in [1.165, 1.54) is 0 Å². The summed E-state index contributed by atoms with van der Waals surface area (Å²) in [5, 5.41) is 15.0. The Hall–Kier alpha value is -1.33. The summed E-state index contributed by atoms with van der Waals surface area (Å²) in [6, 6.07) is 3.45. The molecule has 5 heteroatoms. The highest BCUT2D eigenvalue weighted by molar-refractivity contribution is 5.82. The molecule has 0 aliphatic carbocycles. The molecule has 1 fully saturated rings. The predicted molar refractivity (Wildman–Crippen MR) is 57.8 cm³/mol. The van der Waals surface area contributed by atoms with Gasteiger partial charge in [0.2, 0.25) is 5.91 Å². The molecule has 1 aromatic rings. The van der Waals surface area contributed by atoms with E-state index in [1.54, 1.807) is 6.26 Å². The second kappa shape index (κ2) is 5.14. The summed E-state index contributed by atoms with van der Waals surface area (Å²) in [7, 11) is 0. The lowest BCUT2D eigenvalue weighted by Gasteiger charge is -2.10. The Morgan fingerprint density at radius 3 is 3.19 bits per heavy atom. The molecule has 5 nitrogen and oxygen atoms in total. The molecule has 2 atom stereocenters. The maximum Gasteiger partial charge on any atom is 0.237 e. The monoisotopic (exact) mass is 224 g/mol. The van der Waals surface area contributed by atoms with Gasteiger partial charge in [0.05, 0.1) is 18.4 Å². The van der Waals surface area contributed by atoms with Crippen molar-refractivity contribution in [3.63, 3.8) is 0 Å². The Balaban J connectivity index is 1.68. The molecule has 16 heavy (non-hydrogen) atoms. The molecule has 0 saturated carbocycles. The van der Waals surface area contributed by atoms with Crippen LogP contribution in [0.25, 0.3) is 0 Å². The fourth-order valence-electron chi connectivity index (χ4n) is 1.80. The van der Waals surface area contributed by atoms with Crippen molar-refractivity contribution in [1.29, 1.82) is 0 Å². The van der Waals surface area contributed by atoms with E-state index in [2.05, 4.69) is 10.6 Å². The number of nitrogens with one attached hydrogen (secondary N) is 2. The second-order valence-electron chi connectivity index (χ2n) is 3.97. The molecule has 1 aliphatic rings. The topological polar surface area (TPSA) is 74.5 Å². The van der Waals surface area contributed by atoms with Gasteiger partial charge < -0.3 is 20.2 Å². The van der Waals surface area contributed by atoms with Crippen LogP contribution in [-0.2, 0) is 11.2 Å². The van der Waals surface area contributed by atoms with E-state index in [9.17, 15) is 9.90 Å². The van der Waals surface area contributed by atoms with Crippen LogP contribution < -0.4 is 10.6 Å². The van der Waals surface area contributed by atoms with Crippen LogP contribution in [0.2, 0.25) is 0 Å². The average molecular weight is 224 g/mol. The zero-order valence-corrected chi connectivity index (χ0v) is 8.98. The maximum atomic E-state index is 11.6. The Kier molecular flexibility index (Phi) is 3.58. The molecule has 2 unspecified atom stereocenters. The molecular formula is C11H16N2O3. The van der Waals surface area contributed by atoms with Crippen molar-refractivity contribution in [3.05, 3.63) is 24.2 Å². The fraction of sp³-hybridized carbons (Fsp3) is 0.545. The van der Waals surface area contributed by atoms with Crippen LogP contribution in [0.5, 0.6) is 0 Å². The molecular weight excluding hydrogens is 208 g/mol. The van der Waals surface area contributed by atoms with Crippen molar-refractivity contribution in [2.75, 3.05) is 13.1 Å². The summed E-state index contributed by atoms with van der Waals surface area (Å²) in [4.78, 5) is 11.6. The van der Waals surface area contributed by atoms with Crippen molar-refractivity contribution < 1.29 is 14.3 Å². The van der Waals surface area contributed by atoms with Crippen LogP contribution in [0, 0.1) is 0 Å². The quantitative estimate of drug-likeness (QED) is 0.654. The third-order valence-electron chi connectivity index (χ3n) is 2.67. The number of furan rings is 1. The van der Waals surface area contributed by atoms with E-state index in [0.717, 1.165) is 5.76 Å². The van der Waals surface area contributed by atoms with Gasteiger partial charge in [-0.15, -0.1) is 0 Å². The third-order valence-corrected chi connectivity index (χ3v) is 2.67. The van der Waals surface area contributed by atoms with Crippen LogP contribution in [-0.4, -0.2) is 36.2 Å². The summed E-state index contributed by atoms with van der Waals surface area (Å²) in [5.74, 6) is 0.808. The van der Waals surface area contributed by atoms with Crippen LogP contribution in [0.1, 0.15) is 12.2 Å². The van der Waals surface area contributed by atoms with Crippen molar-refractivity contribution in [2.24, 2.45) is 0 Å². The molecule has 2 rings (SSSR count). The molecule has 0 bridgehead atoms. The SMILES string of the molecule is O=C(NCCc1ccco1)C1CC(O)CN1. The molecule has 1 saturated heterocycles. The number of carbonyl (C=O) groups is 1. The summed E-state index contributed by atoms with van der Waals surface area (Å²) in [6.45, 7) is 1.05. The molecule has 1 aromatic heterocycles. The van der Waals surface area contributed by atoms with Crippen molar-refractivity contribution >= 4 is 5.91 Å². The lowest BCUT2D eigenvalue weighted by Crippen LogP contribution is -2.41. The van der Waals surface area contributed by atoms with Gasteiger partial charge in [-0.25, -0.2) is 0 Å². The zero-order chi connectivity index (χ0) is 11.4. The molecule has 0 radical (unpaired) electrons. The smallest absolute Gasteiger partial charge is 0.237 e. The van der Waals surface area contributed by atoms with Gasteiger partial charge in [-0.1, -0.05) is 0 Å². The minimum Gasteiger partial charge on any atom is -0.469 e. The maximum absolute atomic E-state index is 11.6. The van der Waals surface area contributed by atoms with Crippen LogP contribution in [0.15, 0.2) is 22.8 Å². The summed E-state index contributed by atoms with van der Waals surface area (Å²) >= 11 is 0. The number of carbonyl (C=O) groups excluding carboxylic acids is 1. The van der Waals surface area contributed by atoms with Gasteiger partial charge in [0.25, 0.3) is 0 Å². The average Bonchev–Trinajstić information content (AvgIpc) is 2.89. The van der Waals surface area contributed by atoms with Crippen molar-refractivity contribution in [3.8, 4) is 0 Å². The van der Waals surface area contributed by atoms with E-state index >= 15 is 0 Å². The summed E-state index contributed by atoms with van der Waals surface area (Å²) < 4.78 is 5.15. The number of hydrogen-bond donors (Lipinski definition) is 3. The van der Waals surface area contributed by atoms with Gasteiger partial charge in [-0.05, 0) is 18.6 Å². The van der Waals surface area contributed by atoms with E-state index in [1.807, 2.05) is 12.1 Å². The largest absolute Gasteiger partial charge is 0.469 e. The van der Waals surface area contributed by atoms with Crippen LogP contribution in [0.3, 0.4) is 0 Å². The Morgan fingerprint density at radius 1 is 1.69 bits per heavy atom. The second-order valence-corrected chi connectivity index (χ2v) is 3.97. The van der Waals surface area contributed by atoms with Crippen LogP contribution in [0.4, 0.5) is 0 Å². The first-order valence-corrected chi connectivity index (χ1v) is 5.47. The summed E-state index contributed by atoms with van der Waals surface area (Å²) in [5.41, 5.74) is 0. The highest BCUT2D eigenvalue weighted by Crippen LogP contribution is 2.06. The first-order valence-electron chi connectivity index (χ1n) is 5.47.